The molecule has 30 heavy (non-hydrogen) atoms. The van der Waals surface area contributed by atoms with Crippen LogP contribution in [0.15, 0.2) is 34.6 Å². The Bertz CT molecular complexity index is 836. The molecule has 1 aromatic heterocycles. The topological polar surface area (TPSA) is 58.1 Å². The van der Waals surface area contributed by atoms with Gasteiger partial charge in [-0.15, -0.1) is 11.3 Å². The summed E-state index contributed by atoms with van der Waals surface area (Å²) >= 11 is 1.89. The molecule has 2 N–H and O–H groups in total. The number of hydrogen-bond acceptors (Lipinski definition) is 5. The molecule has 3 rings (SSSR count). The van der Waals surface area contributed by atoms with Gasteiger partial charge in [0.25, 0.3) is 0 Å². The van der Waals surface area contributed by atoms with Crippen molar-refractivity contribution in [2.45, 2.75) is 39.3 Å². The van der Waals surface area contributed by atoms with Gasteiger partial charge in [0.2, 0.25) is 0 Å². The maximum atomic E-state index is 5.40. The van der Waals surface area contributed by atoms with Gasteiger partial charge in [0.05, 0.1) is 20.8 Å². The number of methoxy groups -OCH3 is 2. The summed E-state index contributed by atoms with van der Waals surface area (Å²) in [6, 6.07) is 8.74. The van der Waals surface area contributed by atoms with Gasteiger partial charge in [-0.2, -0.15) is 0 Å². The monoisotopic (exact) mass is 430 g/mol. The quantitative estimate of drug-likeness (QED) is 0.472. The summed E-state index contributed by atoms with van der Waals surface area (Å²) in [6.07, 6.45) is 2.04. The predicted molar refractivity (Wildman–Crippen MR) is 125 cm³/mol. The highest BCUT2D eigenvalue weighted by atomic mass is 32.1. The number of nitrogens with one attached hydrogen (secondary N) is 2. The van der Waals surface area contributed by atoms with Gasteiger partial charge in [-0.1, -0.05) is 6.07 Å². The Kier molecular flexibility index (Phi) is 8.39. The number of fused-ring (bicyclic) bond motifs is 1. The number of benzene rings is 1. The van der Waals surface area contributed by atoms with Gasteiger partial charge in [-0.3, -0.25) is 9.89 Å². The molecule has 1 aliphatic rings. The van der Waals surface area contributed by atoms with E-state index in [1.54, 1.807) is 19.1 Å². The van der Waals surface area contributed by atoms with Crippen LogP contribution in [-0.2, 0) is 19.4 Å². The molecule has 0 saturated heterocycles. The first-order valence-electron chi connectivity index (χ1n) is 10.7. The predicted octanol–water partition coefficient (Wildman–Crippen LogP) is 3.31. The first kappa shape index (κ1) is 22.4. The van der Waals surface area contributed by atoms with Crippen molar-refractivity contribution in [3.8, 4) is 11.5 Å². The number of guanidine groups is 1. The Balaban J connectivity index is 1.51. The fourth-order valence-corrected chi connectivity index (χ4v) is 4.58. The van der Waals surface area contributed by atoms with Crippen molar-refractivity contribution in [2.24, 2.45) is 4.99 Å². The van der Waals surface area contributed by atoms with E-state index in [4.69, 9.17) is 14.5 Å². The van der Waals surface area contributed by atoms with Crippen molar-refractivity contribution in [1.82, 2.24) is 15.5 Å². The van der Waals surface area contributed by atoms with Gasteiger partial charge >= 0.3 is 0 Å². The molecule has 0 spiro atoms. The molecule has 0 fully saturated rings. The van der Waals surface area contributed by atoms with E-state index in [0.29, 0.717) is 6.04 Å². The highest BCUT2D eigenvalue weighted by Crippen LogP contribution is 2.27. The number of hydrogen-bond donors (Lipinski definition) is 2. The van der Waals surface area contributed by atoms with E-state index >= 15 is 0 Å². The van der Waals surface area contributed by atoms with Gasteiger partial charge in [0, 0.05) is 37.1 Å². The highest BCUT2D eigenvalue weighted by molar-refractivity contribution is 7.10. The molecule has 1 unspecified atom stereocenters. The number of aliphatic imine (C=N–C) groups is 1. The molecule has 0 saturated carbocycles. The minimum absolute atomic E-state index is 0.416. The van der Waals surface area contributed by atoms with Crippen LogP contribution in [0.2, 0.25) is 0 Å². The maximum Gasteiger partial charge on any atom is 0.191 e. The molecular formula is C23H34N4O2S. The first-order valence-corrected chi connectivity index (χ1v) is 11.5. The second-order valence-corrected chi connectivity index (χ2v) is 8.52. The minimum atomic E-state index is 0.416. The first-order chi connectivity index (χ1) is 14.6. The van der Waals surface area contributed by atoms with Crippen molar-refractivity contribution in [3.63, 3.8) is 0 Å². The molecular weight excluding hydrogens is 396 g/mol. The Morgan fingerprint density at radius 2 is 2.03 bits per heavy atom. The van der Waals surface area contributed by atoms with Gasteiger partial charge in [-0.25, -0.2) is 0 Å². The highest BCUT2D eigenvalue weighted by Gasteiger charge is 2.21. The normalized spacial score (nSPS) is 15.4. The molecule has 1 atom stereocenters. The van der Waals surface area contributed by atoms with Crippen molar-refractivity contribution in [2.75, 3.05) is 40.4 Å². The third kappa shape index (κ3) is 5.89. The Labute approximate surface area is 184 Å². The molecule has 0 radical (unpaired) electrons. The molecule has 2 heterocycles. The lowest BCUT2D eigenvalue weighted by Gasteiger charge is -2.31. The average molecular weight is 431 g/mol. The zero-order chi connectivity index (χ0) is 21.3. The van der Waals surface area contributed by atoms with E-state index in [0.717, 1.165) is 63.0 Å². The number of ether oxygens (including phenoxy) is 2. The van der Waals surface area contributed by atoms with Crippen LogP contribution in [0.1, 0.15) is 29.9 Å². The number of rotatable bonds is 9. The third-order valence-corrected chi connectivity index (χ3v) is 6.50. The summed E-state index contributed by atoms with van der Waals surface area (Å²) in [5.74, 6) is 2.39. The molecule has 1 aliphatic heterocycles. The van der Waals surface area contributed by atoms with Gasteiger partial charge in [-0.05, 0) is 61.4 Å². The van der Waals surface area contributed by atoms with Gasteiger partial charge in [0.15, 0.2) is 17.5 Å². The molecule has 7 heteroatoms. The van der Waals surface area contributed by atoms with Crippen LogP contribution in [0.5, 0.6) is 11.5 Å². The fraction of sp³-hybridized carbons (Fsp3) is 0.522. The lowest BCUT2D eigenvalue weighted by molar-refractivity contribution is 0.197. The van der Waals surface area contributed by atoms with E-state index in [-0.39, 0.29) is 0 Å². The van der Waals surface area contributed by atoms with E-state index in [1.807, 2.05) is 23.5 Å². The second kappa shape index (κ2) is 11.2. The van der Waals surface area contributed by atoms with Gasteiger partial charge in [0.1, 0.15) is 0 Å². The Morgan fingerprint density at radius 3 is 2.80 bits per heavy atom. The molecule has 164 valence electrons. The SMILES string of the molecule is CCNC(=NCC(C)N1CCc2sccc2C1)NCCc1ccc(OC)c(OC)c1. The Morgan fingerprint density at radius 1 is 1.20 bits per heavy atom. The summed E-state index contributed by atoms with van der Waals surface area (Å²) < 4.78 is 10.7. The van der Waals surface area contributed by atoms with Crippen LogP contribution >= 0.6 is 11.3 Å². The standard InChI is InChI=1S/C23H34N4O2S/c1-5-24-23(25-11-8-18-6-7-20(28-3)21(14-18)29-4)26-15-17(2)27-12-9-22-19(16-27)10-13-30-22/h6-7,10,13-14,17H,5,8-9,11-12,15-16H2,1-4H3,(H2,24,25,26). The lowest BCUT2D eigenvalue weighted by atomic mass is 10.1. The molecule has 0 bridgehead atoms. The zero-order valence-corrected chi connectivity index (χ0v) is 19.3. The Hall–Kier alpha value is -2.25. The van der Waals surface area contributed by atoms with E-state index in [2.05, 4.69) is 46.9 Å². The fourth-order valence-electron chi connectivity index (χ4n) is 3.69. The number of nitrogens with zero attached hydrogens (tertiary/aromatic N) is 2. The average Bonchev–Trinajstić information content (AvgIpc) is 3.25. The van der Waals surface area contributed by atoms with E-state index < -0.39 is 0 Å². The van der Waals surface area contributed by atoms with Crippen molar-refractivity contribution < 1.29 is 9.47 Å². The molecule has 6 nitrogen and oxygen atoms in total. The second-order valence-electron chi connectivity index (χ2n) is 7.52. The van der Waals surface area contributed by atoms with E-state index in [1.165, 1.54) is 11.1 Å². The van der Waals surface area contributed by atoms with Crippen molar-refractivity contribution in [1.29, 1.82) is 0 Å². The summed E-state index contributed by atoms with van der Waals surface area (Å²) in [7, 11) is 3.32. The molecule has 2 aromatic rings. The van der Waals surface area contributed by atoms with Crippen LogP contribution in [0.25, 0.3) is 0 Å². The summed E-state index contributed by atoms with van der Waals surface area (Å²) in [4.78, 5) is 8.92. The van der Waals surface area contributed by atoms with Gasteiger partial charge < -0.3 is 20.1 Å². The third-order valence-electron chi connectivity index (χ3n) is 5.47. The minimum Gasteiger partial charge on any atom is -0.493 e. The number of thiophene rings is 1. The van der Waals surface area contributed by atoms with Crippen LogP contribution in [0.3, 0.4) is 0 Å². The molecule has 0 aliphatic carbocycles. The molecule has 0 amide bonds. The zero-order valence-electron chi connectivity index (χ0n) is 18.5. The summed E-state index contributed by atoms with van der Waals surface area (Å²) in [5.41, 5.74) is 2.69. The largest absolute Gasteiger partial charge is 0.493 e. The smallest absolute Gasteiger partial charge is 0.191 e. The van der Waals surface area contributed by atoms with Crippen LogP contribution in [0.4, 0.5) is 0 Å². The molecule has 1 aromatic carbocycles. The summed E-state index contributed by atoms with van der Waals surface area (Å²) in [6.45, 7) is 8.96. The van der Waals surface area contributed by atoms with Crippen molar-refractivity contribution >= 4 is 17.3 Å². The van der Waals surface area contributed by atoms with Crippen LogP contribution < -0.4 is 20.1 Å². The lowest BCUT2D eigenvalue weighted by Crippen LogP contribution is -2.41. The van der Waals surface area contributed by atoms with Crippen LogP contribution in [0, 0.1) is 0 Å². The summed E-state index contributed by atoms with van der Waals surface area (Å²) in [5, 5.41) is 9.02. The van der Waals surface area contributed by atoms with Crippen LogP contribution in [-0.4, -0.2) is 57.3 Å². The van der Waals surface area contributed by atoms with Crippen molar-refractivity contribution in [3.05, 3.63) is 45.6 Å². The maximum absolute atomic E-state index is 5.40. The van der Waals surface area contributed by atoms with E-state index in [9.17, 15) is 0 Å².